The number of benzene rings is 1. The Balaban J connectivity index is 1.52. The molecular weight excluding hydrogens is 402 g/mol. The molecule has 4 heterocycles. The summed E-state index contributed by atoms with van der Waals surface area (Å²) in [6.45, 7) is 0.296. The first-order valence-electron chi connectivity index (χ1n) is 9.69. The van der Waals surface area contributed by atoms with Crippen molar-refractivity contribution >= 4 is 34.2 Å². The number of carbonyl (C=O) groups excluding carboxylic acids is 1. The van der Waals surface area contributed by atoms with Crippen LogP contribution in [0.1, 0.15) is 24.2 Å². The Labute approximate surface area is 176 Å². The third-order valence-corrected chi connectivity index (χ3v) is 6.26. The first-order valence-corrected chi connectivity index (χ1v) is 10.1. The predicted octanol–water partition coefficient (Wildman–Crippen LogP) is 3.34. The van der Waals surface area contributed by atoms with Gasteiger partial charge in [0.1, 0.15) is 5.82 Å². The second-order valence-corrected chi connectivity index (χ2v) is 8.21. The smallest absolute Gasteiger partial charge is 0.248 e. The second-order valence-electron chi connectivity index (χ2n) is 7.77. The van der Waals surface area contributed by atoms with E-state index in [0.29, 0.717) is 17.4 Å². The number of nitrogens with zero attached hydrogens (tertiary/aromatic N) is 4. The van der Waals surface area contributed by atoms with E-state index in [4.69, 9.17) is 16.6 Å². The maximum absolute atomic E-state index is 13.3. The summed E-state index contributed by atoms with van der Waals surface area (Å²) in [4.78, 5) is 38.4. The monoisotopic (exact) mass is 417 g/mol. The van der Waals surface area contributed by atoms with E-state index in [1.165, 1.54) is 6.07 Å². The second kappa shape index (κ2) is 6.03. The van der Waals surface area contributed by atoms with Crippen molar-refractivity contribution in [2.24, 2.45) is 0 Å². The summed E-state index contributed by atoms with van der Waals surface area (Å²) in [5.41, 5.74) is 3.65. The van der Waals surface area contributed by atoms with Crippen LogP contribution in [0.15, 0.2) is 59.8 Å². The summed E-state index contributed by atoms with van der Waals surface area (Å²) in [6.07, 6.45) is 6.87. The standard InChI is InChI=1S/C22H16ClN5O2/c23-13-1-3-17-16(9-13)26-19(28(17)14-2-4-20(29)25-10-14)12-27-18-11-24-8-5-15(18)22(6-7-22)21(27)30/h1-5,8-11H,6-7,12H2,(H,25,29). The number of rotatable bonds is 3. The number of fused-ring (bicyclic) bond motifs is 3. The summed E-state index contributed by atoms with van der Waals surface area (Å²) in [6, 6.07) is 10.7. The molecule has 3 aromatic heterocycles. The SMILES string of the molecule is O=C1N(Cc2nc3cc(Cl)ccc3n2-c2ccc(=O)[nH]c2)c2cnccc2C12CC2. The number of aromatic nitrogens is 4. The lowest BCUT2D eigenvalue weighted by molar-refractivity contribution is -0.120. The van der Waals surface area contributed by atoms with Crippen LogP contribution in [0.3, 0.4) is 0 Å². The van der Waals surface area contributed by atoms with Crippen LogP contribution in [0.2, 0.25) is 5.02 Å². The van der Waals surface area contributed by atoms with Gasteiger partial charge >= 0.3 is 0 Å². The van der Waals surface area contributed by atoms with Crippen LogP contribution in [0.25, 0.3) is 16.7 Å². The molecule has 148 valence electrons. The molecule has 1 aliphatic carbocycles. The Morgan fingerprint density at radius 3 is 2.77 bits per heavy atom. The van der Waals surface area contributed by atoms with Crippen molar-refractivity contribution in [2.45, 2.75) is 24.8 Å². The van der Waals surface area contributed by atoms with Gasteiger partial charge in [0.25, 0.3) is 0 Å². The third-order valence-electron chi connectivity index (χ3n) is 6.02. The number of amides is 1. The Morgan fingerprint density at radius 2 is 2.00 bits per heavy atom. The van der Waals surface area contributed by atoms with Crippen LogP contribution in [-0.4, -0.2) is 25.4 Å². The van der Waals surface area contributed by atoms with Gasteiger partial charge in [-0.15, -0.1) is 0 Å². The highest BCUT2D eigenvalue weighted by Crippen LogP contribution is 2.57. The third kappa shape index (κ3) is 2.39. The van der Waals surface area contributed by atoms with Crippen molar-refractivity contribution in [3.8, 4) is 5.69 Å². The molecule has 1 spiro atoms. The predicted molar refractivity (Wildman–Crippen MR) is 113 cm³/mol. The molecule has 0 unspecified atom stereocenters. The summed E-state index contributed by atoms with van der Waals surface area (Å²) in [5.74, 6) is 0.781. The van der Waals surface area contributed by atoms with E-state index in [9.17, 15) is 9.59 Å². The van der Waals surface area contributed by atoms with Crippen LogP contribution in [0.5, 0.6) is 0 Å². The van der Waals surface area contributed by atoms with E-state index in [0.717, 1.165) is 40.8 Å². The molecule has 4 aromatic rings. The number of anilines is 1. The molecule has 0 radical (unpaired) electrons. The maximum atomic E-state index is 13.3. The van der Waals surface area contributed by atoms with E-state index in [1.807, 2.05) is 16.7 Å². The molecule has 2 aliphatic rings. The zero-order valence-corrected chi connectivity index (χ0v) is 16.6. The van der Waals surface area contributed by atoms with Gasteiger partial charge in [-0.05, 0) is 48.7 Å². The van der Waals surface area contributed by atoms with Crippen LogP contribution >= 0.6 is 11.6 Å². The molecule has 7 nitrogen and oxygen atoms in total. The summed E-state index contributed by atoms with van der Waals surface area (Å²) < 4.78 is 1.95. The van der Waals surface area contributed by atoms with Gasteiger partial charge < -0.3 is 9.88 Å². The fourth-order valence-corrected chi connectivity index (χ4v) is 4.60. The molecule has 0 saturated heterocycles. The molecule has 1 aromatic carbocycles. The normalized spacial score (nSPS) is 16.4. The van der Waals surface area contributed by atoms with Gasteiger partial charge in [-0.3, -0.25) is 19.1 Å². The summed E-state index contributed by atoms with van der Waals surface area (Å²) in [7, 11) is 0. The van der Waals surface area contributed by atoms with Crippen molar-refractivity contribution in [2.75, 3.05) is 4.90 Å². The zero-order chi connectivity index (χ0) is 20.5. The highest BCUT2D eigenvalue weighted by molar-refractivity contribution is 6.31. The van der Waals surface area contributed by atoms with Crippen molar-refractivity contribution in [1.29, 1.82) is 0 Å². The molecular formula is C22H16ClN5O2. The molecule has 1 N–H and O–H groups in total. The Kier molecular flexibility index (Phi) is 3.50. The van der Waals surface area contributed by atoms with E-state index in [1.54, 1.807) is 41.7 Å². The zero-order valence-electron chi connectivity index (χ0n) is 15.8. The van der Waals surface area contributed by atoms with Gasteiger partial charge in [-0.25, -0.2) is 4.98 Å². The highest BCUT2D eigenvalue weighted by atomic mass is 35.5. The number of halogens is 1. The average molecular weight is 418 g/mol. The van der Waals surface area contributed by atoms with E-state index < -0.39 is 5.41 Å². The fourth-order valence-electron chi connectivity index (χ4n) is 4.43. The summed E-state index contributed by atoms with van der Waals surface area (Å²) >= 11 is 6.18. The van der Waals surface area contributed by atoms with Crippen LogP contribution in [0, 0.1) is 0 Å². The molecule has 1 aliphatic heterocycles. The lowest BCUT2D eigenvalue weighted by Gasteiger charge is -2.18. The largest absolute Gasteiger partial charge is 0.327 e. The number of pyridine rings is 2. The lowest BCUT2D eigenvalue weighted by Crippen LogP contribution is -2.32. The molecule has 6 rings (SSSR count). The quantitative estimate of drug-likeness (QED) is 0.554. The molecule has 1 amide bonds. The number of aromatic amines is 1. The van der Waals surface area contributed by atoms with Crippen molar-refractivity contribution in [3.63, 3.8) is 0 Å². The minimum atomic E-state index is -0.392. The Hall–Kier alpha value is -3.45. The average Bonchev–Trinajstić information content (AvgIpc) is 3.44. The first kappa shape index (κ1) is 17.4. The fraction of sp³-hybridized carbons (Fsp3) is 0.182. The minimum Gasteiger partial charge on any atom is -0.327 e. The first-order chi connectivity index (χ1) is 14.6. The molecule has 1 fully saturated rings. The number of H-pyrrole nitrogens is 1. The van der Waals surface area contributed by atoms with Gasteiger partial charge in [0.05, 0.1) is 40.6 Å². The number of nitrogens with one attached hydrogen (secondary N) is 1. The molecule has 8 heteroatoms. The van der Waals surface area contributed by atoms with Crippen LogP contribution < -0.4 is 10.5 Å². The van der Waals surface area contributed by atoms with Crippen LogP contribution in [0.4, 0.5) is 5.69 Å². The number of hydrogen-bond donors (Lipinski definition) is 1. The molecule has 1 saturated carbocycles. The number of hydrogen-bond acceptors (Lipinski definition) is 4. The lowest BCUT2D eigenvalue weighted by atomic mass is 9.99. The van der Waals surface area contributed by atoms with E-state index in [2.05, 4.69) is 9.97 Å². The number of imidazole rings is 1. The van der Waals surface area contributed by atoms with Crippen molar-refractivity contribution in [3.05, 3.63) is 81.8 Å². The van der Waals surface area contributed by atoms with E-state index in [-0.39, 0.29) is 11.5 Å². The highest BCUT2D eigenvalue weighted by Gasteiger charge is 2.59. The van der Waals surface area contributed by atoms with Crippen molar-refractivity contribution < 1.29 is 4.79 Å². The van der Waals surface area contributed by atoms with Gasteiger partial charge in [0.15, 0.2) is 0 Å². The molecule has 0 bridgehead atoms. The van der Waals surface area contributed by atoms with Crippen molar-refractivity contribution in [1.82, 2.24) is 19.5 Å². The topological polar surface area (TPSA) is 83.9 Å². The van der Waals surface area contributed by atoms with Crippen LogP contribution in [-0.2, 0) is 16.8 Å². The van der Waals surface area contributed by atoms with Gasteiger partial charge in [-0.1, -0.05) is 11.6 Å². The molecule has 0 atom stereocenters. The number of carbonyl (C=O) groups is 1. The Morgan fingerprint density at radius 1 is 1.13 bits per heavy atom. The summed E-state index contributed by atoms with van der Waals surface area (Å²) in [5, 5.41) is 0.587. The van der Waals surface area contributed by atoms with Gasteiger partial charge in [0.2, 0.25) is 11.5 Å². The van der Waals surface area contributed by atoms with Gasteiger partial charge in [-0.2, -0.15) is 0 Å². The minimum absolute atomic E-state index is 0.101. The van der Waals surface area contributed by atoms with Gasteiger partial charge in [0, 0.05) is 23.5 Å². The molecule has 30 heavy (non-hydrogen) atoms. The van der Waals surface area contributed by atoms with E-state index >= 15 is 0 Å². The Bertz CT molecular complexity index is 1380. The maximum Gasteiger partial charge on any atom is 0.248 e.